The van der Waals surface area contributed by atoms with Gasteiger partial charge < -0.3 is 10.4 Å². The number of benzene rings is 1. The molecule has 18 heavy (non-hydrogen) atoms. The number of aliphatic hydroxyl groups is 1. The molecule has 1 aromatic carbocycles. The van der Waals surface area contributed by atoms with Gasteiger partial charge in [-0.3, -0.25) is 0 Å². The quantitative estimate of drug-likeness (QED) is 0.760. The highest BCUT2D eigenvalue weighted by Gasteiger charge is 2.13. The van der Waals surface area contributed by atoms with Crippen LogP contribution < -0.4 is 5.32 Å². The topological polar surface area (TPSA) is 32.3 Å². The normalized spacial score (nSPS) is 13.6. The summed E-state index contributed by atoms with van der Waals surface area (Å²) in [5.74, 6) is 0.594. The Balaban J connectivity index is 2.48. The number of nitrogens with one attached hydrogen (secondary N) is 1. The van der Waals surface area contributed by atoms with Gasteiger partial charge in [0.15, 0.2) is 0 Å². The van der Waals surface area contributed by atoms with Crippen LogP contribution in [0, 0.1) is 5.92 Å². The smallest absolute Gasteiger partial charge is 0.0555 e. The minimum absolute atomic E-state index is 0.215. The molecule has 2 nitrogen and oxygen atoms in total. The molecule has 0 aromatic heterocycles. The molecule has 0 aliphatic carbocycles. The molecule has 0 bridgehead atoms. The van der Waals surface area contributed by atoms with Crippen molar-refractivity contribution in [2.75, 3.05) is 19.7 Å². The second kappa shape index (κ2) is 6.91. The second-order valence-electron chi connectivity index (χ2n) is 6.18. The summed E-state index contributed by atoms with van der Waals surface area (Å²) in [6, 6.07) is 8.96. The lowest BCUT2D eigenvalue weighted by Crippen LogP contribution is -2.25. The maximum absolute atomic E-state index is 8.71. The van der Waals surface area contributed by atoms with Crippen LogP contribution in [0.3, 0.4) is 0 Å². The lowest BCUT2D eigenvalue weighted by molar-refractivity contribution is 0.288. The van der Waals surface area contributed by atoms with Gasteiger partial charge in [-0.15, -0.1) is 0 Å². The molecule has 0 saturated carbocycles. The summed E-state index contributed by atoms with van der Waals surface area (Å²) < 4.78 is 0. The average Bonchev–Trinajstić information content (AvgIpc) is 2.29. The number of hydrogen-bond donors (Lipinski definition) is 2. The molecule has 0 aliphatic heterocycles. The summed E-state index contributed by atoms with van der Waals surface area (Å²) >= 11 is 0. The van der Waals surface area contributed by atoms with E-state index < -0.39 is 0 Å². The molecule has 1 aromatic rings. The second-order valence-corrected chi connectivity index (χ2v) is 6.18. The number of rotatable bonds is 6. The van der Waals surface area contributed by atoms with Gasteiger partial charge in [-0.1, -0.05) is 52.0 Å². The third kappa shape index (κ3) is 5.19. The van der Waals surface area contributed by atoms with Crippen LogP contribution in [-0.4, -0.2) is 24.8 Å². The molecule has 0 heterocycles. The molecule has 0 saturated heterocycles. The summed E-state index contributed by atoms with van der Waals surface area (Å²) in [6.07, 6.45) is 1.09. The van der Waals surface area contributed by atoms with Crippen LogP contribution in [0.2, 0.25) is 0 Å². The SMILES string of the molecule is CC(CNCCO)Cc1ccc(C(C)(C)C)cc1. The van der Waals surface area contributed by atoms with Crippen molar-refractivity contribution in [3.63, 3.8) is 0 Å². The van der Waals surface area contributed by atoms with Gasteiger partial charge in [0.05, 0.1) is 6.61 Å². The van der Waals surface area contributed by atoms with Crippen molar-refractivity contribution in [3.8, 4) is 0 Å². The highest BCUT2D eigenvalue weighted by Crippen LogP contribution is 2.22. The minimum atomic E-state index is 0.215. The molecule has 102 valence electrons. The fraction of sp³-hybridized carbons (Fsp3) is 0.625. The van der Waals surface area contributed by atoms with Crippen molar-refractivity contribution in [1.29, 1.82) is 0 Å². The largest absolute Gasteiger partial charge is 0.395 e. The van der Waals surface area contributed by atoms with Crippen LogP contribution in [-0.2, 0) is 11.8 Å². The fourth-order valence-electron chi connectivity index (χ4n) is 2.04. The van der Waals surface area contributed by atoms with Crippen LogP contribution in [0.25, 0.3) is 0 Å². The Bertz CT molecular complexity index is 337. The maximum atomic E-state index is 8.71. The highest BCUT2D eigenvalue weighted by molar-refractivity contribution is 5.27. The average molecular weight is 249 g/mol. The Kier molecular flexibility index (Phi) is 5.83. The summed E-state index contributed by atoms with van der Waals surface area (Å²) in [5, 5.41) is 12.0. The van der Waals surface area contributed by atoms with Crippen LogP contribution >= 0.6 is 0 Å². The highest BCUT2D eigenvalue weighted by atomic mass is 16.3. The lowest BCUT2D eigenvalue weighted by Gasteiger charge is -2.19. The van der Waals surface area contributed by atoms with Crippen LogP contribution in [0.15, 0.2) is 24.3 Å². The summed E-state index contributed by atoms with van der Waals surface area (Å²) in [7, 11) is 0. The van der Waals surface area contributed by atoms with E-state index in [0.29, 0.717) is 12.5 Å². The Morgan fingerprint density at radius 2 is 1.78 bits per heavy atom. The molecule has 0 aliphatic rings. The first-order chi connectivity index (χ1) is 8.43. The Morgan fingerprint density at radius 1 is 1.17 bits per heavy atom. The molecule has 1 unspecified atom stereocenters. The Labute approximate surface area is 111 Å². The first-order valence-corrected chi connectivity index (χ1v) is 6.84. The van der Waals surface area contributed by atoms with Crippen molar-refractivity contribution in [1.82, 2.24) is 5.32 Å². The molecule has 2 N–H and O–H groups in total. The molecule has 0 amide bonds. The monoisotopic (exact) mass is 249 g/mol. The minimum Gasteiger partial charge on any atom is -0.395 e. The van der Waals surface area contributed by atoms with Crippen molar-refractivity contribution >= 4 is 0 Å². The third-order valence-electron chi connectivity index (χ3n) is 3.19. The molecule has 0 radical (unpaired) electrons. The lowest BCUT2D eigenvalue weighted by atomic mass is 9.86. The van der Waals surface area contributed by atoms with Crippen molar-refractivity contribution in [3.05, 3.63) is 35.4 Å². The van der Waals surface area contributed by atoms with E-state index in [0.717, 1.165) is 13.0 Å². The summed E-state index contributed by atoms with van der Waals surface area (Å²) in [5.41, 5.74) is 3.01. The van der Waals surface area contributed by atoms with Gasteiger partial charge in [-0.25, -0.2) is 0 Å². The van der Waals surface area contributed by atoms with Crippen molar-refractivity contribution in [2.24, 2.45) is 5.92 Å². The molecule has 0 spiro atoms. The van der Waals surface area contributed by atoms with Crippen LogP contribution in [0.4, 0.5) is 0 Å². The molecule has 1 atom stereocenters. The summed E-state index contributed by atoms with van der Waals surface area (Å²) in [6.45, 7) is 10.8. The Hall–Kier alpha value is -0.860. The number of aliphatic hydroxyl groups excluding tert-OH is 1. The van der Waals surface area contributed by atoms with E-state index in [1.165, 1.54) is 11.1 Å². The van der Waals surface area contributed by atoms with Gasteiger partial charge in [0.2, 0.25) is 0 Å². The maximum Gasteiger partial charge on any atom is 0.0555 e. The molecular formula is C16H27NO. The van der Waals surface area contributed by atoms with Gasteiger partial charge in [-0.2, -0.15) is 0 Å². The fourth-order valence-corrected chi connectivity index (χ4v) is 2.04. The predicted octanol–water partition coefficient (Wildman–Crippen LogP) is 2.74. The van der Waals surface area contributed by atoms with Gasteiger partial charge in [0.1, 0.15) is 0 Å². The van der Waals surface area contributed by atoms with E-state index in [2.05, 4.69) is 57.3 Å². The molecule has 1 rings (SSSR count). The van der Waals surface area contributed by atoms with Gasteiger partial charge >= 0.3 is 0 Å². The van der Waals surface area contributed by atoms with Crippen LogP contribution in [0.1, 0.15) is 38.8 Å². The van der Waals surface area contributed by atoms with E-state index in [1.807, 2.05) is 0 Å². The first-order valence-electron chi connectivity index (χ1n) is 6.84. The molecule has 2 heteroatoms. The van der Waals surface area contributed by atoms with E-state index in [1.54, 1.807) is 0 Å². The molecule has 0 fully saturated rings. The summed E-state index contributed by atoms with van der Waals surface area (Å²) in [4.78, 5) is 0. The number of hydrogen-bond acceptors (Lipinski definition) is 2. The first kappa shape index (κ1) is 15.2. The van der Waals surface area contributed by atoms with Gasteiger partial charge in [0.25, 0.3) is 0 Å². The zero-order valence-electron chi connectivity index (χ0n) is 12.2. The predicted molar refractivity (Wildman–Crippen MR) is 78.0 cm³/mol. The van der Waals surface area contributed by atoms with Gasteiger partial charge in [0, 0.05) is 6.54 Å². The van der Waals surface area contributed by atoms with E-state index in [4.69, 9.17) is 5.11 Å². The van der Waals surface area contributed by atoms with Crippen molar-refractivity contribution in [2.45, 2.75) is 39.5 Å². The van der Waals surface area contributed by atoms with E-state index in [-0.39, 0.29) is 12.0 Å². The van der Waals surface area contributed by atoms with Gasteiger partial charge in [-0.05, 0) is 35.4 Å². The standard InChI is InChI=1S/C16H27NO/c1-13(12-17-9-10-18)11-14-5-7-15(8-6-14)16(2,3)4/h5-8,13,17-18H,9-12H2,1-4H3. The van der Waals surface area contributed by atoms with E-state index >= 15 is 0 Å². The molecular weight excluding hydrogens is 222 g/mol. The van der Waals surface area contributed by atoms with E-state index in [9.17, 15) is 0 Å². The Morgan fingerprint density at radius 3 is 2.28 bits per heavy atom. The zero-order valence-corrected chi connectivity index (χ0v) is 12.2. The van der Waals surface area contributed by atoms with Crippen molar-refractivity contribution < 1.29 is 5.11 Å². The third-order valence-corrected chi connectivity index (χ3v) is 3.19. The zero-order chi connectivity index (χ0) is 13.6. The van der Waals surface area contributed by atoms with Crippen LogP contribution in [0.5, 0.6) is 0 Å².